The van der Waals surface area contributed by atoms with Crippen LogP contribution in [0.1, 0.15) is 29.3 Å². The number of benzene rings is 2. The lowest BCUT2D eigenvalue weighted by atomic mass is 9.90. The van der Waals surface area contributed by atoms with Gasteiger partial charge in [0.2, 0.25) is 10.0 Å². The topological polar surface area (TPSA) is 68.2 Å². The summed E-state index contributed by atoms with van der Waals surface area (Å²) in [4.78, 5) is 13.0. The molecule has 3 aromatic rings. The maximum Gasteiger partial charge on any atom is 0.253 e. The van der Waals surface area contributed by atoms with Crippen molar-refractivity contribution in [2.45, 2.75) is 38.3 Å². The van der Waals surface area contributed by atoms with Crippen LogP contribution in [0.5, 0.6) is 0 Å². The van der Waals surface area contributed by atoms with Gasteiger partial charge in [-0.3, -0.25) is 4.79 Å². The van der Waals surface area contributed by atoms with Crippen LogP contribution in [0.2, 0.25) is 0 Å². The molecule has 30 heavy (non-hydrogen) atoms. The van der Waals surface area contributed by atoms with Gasteiger partial charge in [-0.05, 0) is 48.9 Å². The Morgan fingerprint density at radius 3 is 2.47 bits per heavy atom. The smallest absolute Gasteiger partial charge is 0.253 e. The highest BCUT2D eigenvalue weighted by Crippen LogP contribution is 2.29. The number of nitrogens with one attached hydrogen (secondary N) is 1. The van der Waals surface area contributed by atoms with Crippen LogP contribution >= 0.6 is 0 Å². The van der Waals surface area contributed by atoms with Gasteiger partial charge in [0.05, 0.1) is 12.3 Å². The molecule has 0 bridgehead atoms. The van der Waals surface area contributed by atoms with Crippen LogP contribution < -0.4 is 10.3 Å². The molecule has 2 atom stereocenters. The number of nitrogens with zero attached hydrogens (tertiary/aromatic N) is 1. The van der Waals surface area contributed by atoms with Crippen molar-refractivity contribution >= 4 is 10.0 Å². The number of hydrogen-bond donors (Lipinski definition) is 1. The van der Waals surface area contributed by atoms with E-state index >= 15 is 0 Å². The van der Waals surface area contributed by atoms with Gasteiger partial charge in [0.1, 0.15) is 0 Å². The van der Waals surface area contributed by atoms with E-state index in [9.17, 15) is 13.2 Å². The summed E-state index contributed by atoms with van der Waals surface area (Å²) in [5, 5.41) is 0. The second kappa shape index (κ2) is 8.20. The summed E-state index contributed by atoms with van der Waals surface area (Å²) in [5.74, 6) is 0. The minimum absolute atomic E-state index is 0.0447. The molecular weight excluding hydrogens is 396 g/mol. The highest BCUT2D eigenvalue weighted by atomic mass is 32.2. The summed E-state index contributed by atoms with van der Waals surface area (Å²) in [5.41, 5.74) is 4.89. The molecule has 0 aliphatic carbocycles. The Labute approximate surface area is 177 Å². The van der Waals surface area contributed by atoms with Crippen molar-refractivity contribution in [1.82, 2.24) is 9.29 Å². The van der Waals surface area contributed by atoms with Gasteiger partial charge in [-0.15, -0.1) is 0 Å². The third-order valence-electron chi connectivity index (χ3n) is 5.74. The largest absolute Gasteiger partial charge is 0.307 e. The van der Waals surface area contributed by atoms with E-state index in [0.29, 0.717) is 24.8 Å². The first-order valence-electron chi connectivity index (χ1n) is 10.1. The zero-order valence-corrected chi connectivity index (χ0v) is 18.0. The molecule has 0 radical (unpaired) electrons. The van der Waals surface area contributed by atoms with Crippen LogP contribution in [-0.4, -0.2) is 25.3 Å². The van der Waals surface area contributed by atoms with E-state index in [0.717, 1.165) is 22.4 Å². The van der Waals surface area contributed by atoms with Crippen molar-refractivity contribution in [3.63, 3.8) is 0 Å². The molecule has 2 unspecified atom stereocenters. The molecule has 1 aliphatic rings. The molecule has 0 amide bonds. The third-order valence-corrected chi connectivity index (χ3v) is 6.47. The van der Waals surface area contributed by atoms with Gasteiger partial charge in [0, 0.05) is 17.3 Å². The Balaban J connectivity index is 1.75. The van der Waals surface area contributed by atoms with Crippen LogP contribution in [0.4, 0.5) is 0 Å². The average molecular weight is 423 g/mol. The number of hydrogen-bond acceptors (Lipinski definition) is 3. The average Bonchev–Trinajstić information content (AvgIpc) is 2.72. The van der Waals surface area contributed by atoms with Crippen molar-refractivity contribution in [3.05, 3.63) is 93.9 Å². The molecule has 4 rings (SSSR count). The second-order valence-corrected chi connectivity index (χ2v) is 9.84. The monoisotopic (exact) mass is 422 g/mol. The van der Waals surface area contributed by atoms with E-state index in [1.165, 1.54) is 6.26 Å². The molecule has 0 fully saturated rings. The molecule has 0 saturated carbocycles. The molecule has 0 saturated heterocycles. The lowest BCUT2D eigenvalue weighted by Gasteiger charge is -2.35. The quantitative estimate of drug-likeness (QED) is 0.685. The van der Waals surface area contributed by atoms with Crippen molar-refractivity contribution in [3.8, 4) is 11.1 Å². The lowest BCUT2D eigenvalue weighted by Crippen LogP contribution is -2.48. The minimum atomic E-state index is -3.39. The molecule has 5 nitrogen and oxygen atoms in total. The van der Waals surface area contributed by atoms with Gasteiger partial charge in [0.15, 0.2) is 0 Å². The fourth-order valence-corrected chi connectivity index (χ4v) is 5.16. The van der Waals surface area contributed by atoms with Crippen LogP contribution in [-0.2, 0) is 22.9 Å². The molecule has 0 spiro atoms. The van der Waals surface area contributed by atoms with Gasteiger partial charge in [0.25, 0.3) is 5.56 Å². The summed E-state index contributed by atoms with van der Waals surface area (Å²) < 4.78 is 28.6. The van der Waals surface area contributed by atoms with E-state index in [2.05, 4.69) is 29.0 Å². The maximum absolute atomic E-state index is 13.0. The molecule has 2 aromatic carbocycles. The first-order chi connectivity index (χ1) is 14.3. The van der Waals surface area contributed by atoms with Gasteiger partial charge in [-0.2, -0.15) is 0 Å². The van der Waals surface area contributed by atoms with Crippen molar-refractivity contribution in [1.29, 1.82) is 0 Å². The highest BCUT2D eigenvalue weighted by Gasteiger charge is 2.32. The summed E-state index contributed by atoms with van der Waals surface area (Å²) in [7, 11) is -3.39. The molecule has 156 valence electrons. The van der Waals surface area contributed by atoms with E-state index in [1.54, 1.807) is 11.5 Å². The minimum Gasteiger partial charge on any atom is -0.307 e. The lowest BCUT2D eigenvalue weighted by molar-refractivity contribution is 0.315. The molecule has 6 heteroatoms. The zero-order chi connectivity index (χ0) is 21.3. The second-order valence-electron chi connectivity index (χ2n) is 8.06. The Kier molecular flexibility index (Phi) is 5.62. The van der Waals surface area contributed by atoms with Gasteiger partial charge in [-0.25, -0.2) is 13.1 Å². The summed E-state index contributed by atoms with van der Waals surface area (Å²) in [6.07, 6.45) is 3.08. The number of sulfonamides is 1. The van der Waals surface area contributed by atoms with Crippen molar-refractivity contribution in [2.75, 3.05) is 6.26 Å². The Morgan fingerprint density at radius 2 is 1.73 bits per heavy atom. The van der Waals surface area contributed by atoms with E-state index < -0.39 is 10.0 Å². The number of aryl methyl sites for hydroxylation is 2. The summed E-state index contributed by atoms with van der Waals surface area (Å²) >= 11 is 0. The van der Waals surface area contributed by atoms with E-state index in [-0.39, 0.29) is 17.6 Å². The predicted molar refractivity (Wildman–Crippen MR) is 120 cm³/mol. The first kappa shape index (κ1) is 20.6. The molecular formula is C24H26N2O3S. The fraction of sp³-hybridized carbons (Fsp3) is 0.292. The number of aromatic nitrogens is 1. The van der Waals surface area contributed by atoms with Crippen molar-refractivity contribution in [2.24, 2.45) is 0 Å². The van der Waals surface area contributed by atoms with Crippen LogP contribution in [0, 0.1) is 6.92 Å². The van der Waals surface area contributed by atoms with Crippen LogP contribution in [0.15, 0.2) is 71.5 Å². The summed E-state index contributed by atoms with van der Waals surface area (Å²) in [6, 6.07) is 21.6. The van der Waals surface area contributed by atoms with E-state index in [1.807, 2.05) is 42.5 Å². The fourth-order valence-electron chi connectivity index (χ4n) is 4.33. The highest BCUT2D eigenvalue weighted by molar-refractivity contribution is 7.88. The molecule has 1 N–H and O–H groups in total. The van der Waals surface area contributed by atoms with Crippen molar-refractivity contribution < 1.29 is 8.42 Å². The number of pyridine rings is 1. The zero-order valence-electron chi connectivity index (χ0n) is 17.2. The maximum atomic E-state index is 13.0. The van der Waals surface area contributed by atoms with Gasteiger partial charge >= 0.3 is 0 Å². The van der Waals surface area contributed by atoms with Gasteiger partial charge < -0.3 is 4.57 Å². The molecule has 1 aromatic heterocycles. The molecule has 2 heterocycles. The SMILES string of the molecule is Cc1ccc2n(c1=O)C(Cc1cccc(-c3ccccc3)c1)C(NS(C)(=O)=O)CC2. The van der Waals surface area contributed by atoms with E-state index in [4.69, 9.17) is 0 Å². The Bertz CT molecular complexity index is 1220. The standard InChI is InChI=1S/C24H26N2O3S/c1-17-11-12-21-13-14-22(25-30(2,28)29)23(26(21)24(17)27)16-18-7-6-10-20(15-18)19-8-4-3-5-9-19/h3-12,15,22-23,25H,13-14,16H2,1-2H3. The number of rotatable bonds is 5. The number of fused-ring (bicyclic) bond motifs is 1. The van der Waals surface area contributed by atoms with Gasteiger partial charge in [-0.1, -0.05) is 60.7 Å². The van der Waals surface area contributed by atoms with Crippen LogP contribution in [0.3, 0.4) is 0 Å². The Morgan fingerprint density at radius 1 is 1.00 bits per heavy atom. The predicted octanol–water partition coefficient (Wildman–Crippen LogP) is 3.47. The normalized spacial score (nSPS) is 18.7. The van der Waals surface area contributed by atoms with Crippen LogP contribution in [0.25, 0.3) is 11.1 Å². The first-order valence-corrected chi connectivity index (χ1v) is 12.0. The summed E-state index contributed by atoms with van der Waals surface area (Å²) in [6.45, 7) is 1.80. The third kappa shape index (κ3) is 4.40. The Hall–Kier alpha value is -2.70. The molecule has 1 aliphatic heterocycles.